The maximum atomic E-state index is 13.2. The summed E-state index contributed by atoms with van der Waals surface area (Å²) < 4.78 is 31.8. The Morgan fingerprint density at radius 1 is 1.12 bits per heavy atom. The van der Waals surface area contributed by atoms with Crippen LogP contribution in [0.5, 0.6) is 5.75 Å². The molecule has 1 N–H and O–H groups in total. The number of carbonyl (C=O) groups excluding carboxylic acids is 1. The minimum absolute atomic E-state index is 0.204. The molecule has 0 aliphatic heterocycles. The number of halogens is 2. The molecular weight excluding hydrogens is 344 g/mol. The van der Waals surface area contributed by atoms with Crippen LogP contribution < -0.4 is 10.1 Å². The SMILES string of the molecule is Cc1cccc(OCc2csc(C(=O)Nc3ccc(F)c(F)c3)c2)c1. The van der Waals surface area contributed by atoms with Gasteiger partial charge in [-0.1, -0.05) is 12.1 Å². The van der Waals surface area contributed by atoms with Crippen LogP contribution in [0.1, 0.15) is 20.8 Å². The number of rotatable bonds is 5. The highest BCUT2D eigenvalue weighted by Gasteiger charge is 2.11. The monoisotopic (exact) mass is 359 g/mol. The van der Waals surface area contributed by atoms with Gasteiger partial charge in [0.15, 0.2) is 11.6 Å². The van der Waals surface area contributed by atoms with Gasteiger partial charge in [-0.25, -0.2) is 8.78 Å². The summed E-state index contributed by atoms with van der Waals surface area (Å²) in [5, 5.41) is 4.37. The smallest absolute Gasteiger partial charge is 0.265 e. The molecule has 2 aromatic carbocycles. The first-order valence-corrected chi connectivity index (χ1v) is 8.42. The number of hydrogen-bond acceptors (Lipinski definition) is 3. The first kappa shape index (κ1) is 17.1. The third kappa shape index (κ3) is 4.42. The van der Waals surface area contributed by atoms with Crippen LogP contribution in [0.4, 0.5) is 14.5 Å². The third-order valence-corrected chi connectivity index (χ3v) is 4.43. The summed E-state index contributed by atoms with van der Waals surface area (Å²) >= 11 is 1.26. The second kappa shape index (κ2) is 7.44. The molecule has 25 heavy (non-hydrogen) atoms. The van der Waals surface area contributed by atoms with Crippen LogP contribution in [0.3, 0.4) is 0 Å². The second-order valence-corrected chi connectivity index (χ2v) is 6.42. The van der Waals surface area contributed by atoms with Crippen molar-refractivity contribution in [2.45, 2.75) is 13.5 Å². The van der Waals surface area contributed by atoms with Gasteiger partial charge in [-0.2, -0.15) is 0 Å². The van der Waals surface area contributed by atoms with Crippen LogP contribution in [0.25, 0.3) is 0 Å². The highest BCUT2D eigenvalue weighted by atomic mass is 32.1. The minimum atomic E-state index is -1.00. The summed E-state index contributed by atoms with van der Waals surface area (Å²) in [4.78, 5) is 12.7. The molecule has 3 rings (SSSR count). The lowest BCUT2D eigenvalue weighted by Gasteiger charge is -2.05. The van der Waals surface area contributed by atoms with Crippen molar-refractivity contribution in [3.05, 3.63) is 81.5 Å². The van der Waals surface area contributed by atoms with E-state index in [0.29, 0.717) is 11.5 Å². The molecule has 0 aliphatic rings. The summed E-state index contributed by atoms with van der Waals surface area (Å²) in [5.41, 5.74) is 2.17. The molecule has 3 nitrogen and oxygen atoms in total. The molecule has 3 aromatic rings. The molecule has 0 spiro atoms. The molecule has 0 saturated carbocycles. The van der Waals surface area contributed by atoms with Gasteiger partial charge < -0.3 is 10.1 Å². The van der Waals surface area contributed by atoms with E-state index < -0.39 is 11.6 Å². The van der Waals surface area contributed by atoms with E-state index in [9.17, 15) is 13.6 Å². The Labute approximate surface area is 147 Å². The standard InChI is InChI=1S/C19H15F2NO2S/c1-12-3-2-4-15(7-12)24-10-13-8-18(25-11-13)19(23)22-14-5-6-16(20)17(21)9-14/h2-9,11H,10H2,1H3,(H,22,23). The second-order valence-electron chi connectivity index (χ2n) is 5.51. The number of hydrogen-bond donors (Lipinski definition) is 1. The van der Waals surface area contributed by atoms with Gasteiger partial charge in [0.1, 0.15) is 12.4 Å². The third-order valence-electron chi connectivity index (χ3n) is 3.45. The van der Waals surface area contributed by atoms with Crippen molar-refractivity contribution in [3.63, 3.8) is 0 Å². The van der Waals surface area contributed by atoms with Gasteiger partial charge in [-0.05, 0) is 48.2 Å². The van der Waals surface area contributed by atoms with Crippen LogP contribution >= 0.6 is 11.3 Å². The van der Waals surface area contributed by atoms with Gasteiger partial charge in [0, 0.05) is 17.3 Å². The largest absolute Gasteiger partial charge is 0.489 e. The predicted octanol–water partition coefficient (Wildman–Crippen LogP) is 5.17. The minimum Gasteiger partial charge on any atom is -0.489 e. The Balaban J connectivity index is 1.62. The van der Waals surface area contributed by atoms with E-state index in [1.165, 1.54) is 17.4 Å². The molecule has 0 radical (unpaired) electrons. The van der Waals surface area contributed by atoms with Gasteiger partial charge in [0.2, 0.25) is 0 Å². The maximum Gasteiger partial charge on any atom is 0.265 e. The van der Waals surface area contributed by atoms with Crippen LogP contribution in [-0.4, -0.2) is 5.91 Å². The van der Waals surface area contributed by atoms with Crippen molar-refractivity contribution in [3.8, 4) is 5.75 Å². The normalized spacial score (nSPS) is 10.5. The van der Waals surface area contributed by atoms with Crippen LogP contribution in [0.2, 0.25) is 0 Å². The lowest BCUT2D eigenvalue weighted by molar-refractivity contribution is 0.103. The molecule has 1 amide bonds. The fourth-order valence-corrected chi connectivity index (χ4v) is 3.00. The summed E-state index contributed by atoms with van der Waals surface area (Å²) in [5.74, 6) is -1.57. The van der Waals surface area contributed by atoms with Gasteiger partial charge in [-0.15, -0.1) is 11.3 Å². The Hall–Kier alpha value is -2.73. The number of carbonyl (C=O) groups is 1. The van der Waals surface area contributed by atoms with Crippen molar-refractivity contribution >= 4 is 22.9 Å². The number of aryl methyl sites for hydroxylation is 1. The molecule has 0 fully saturated rings. The Morgan fingerprint density at radius 2 is 1.96 bits per heavy atom. The van der Waals surface area contributed by atoms with Crippen LogP contribution in [0.15, 0.2) is 53.9 Å². The lowest BCUT2D eigenvalue weighted by Crippen LogP contribution is -2.10. The zero-order valence-electron chi connectivity index (χ0n) is 13.4. The molecule has 0 aliphatic carbocycles. The summed E-state index contributed by atoms with van der Waals surface area (Å²) in [6, 6.07) is 12.7. The number of thiophene rings is 1. The summed E-state index contributed by atoms with van der Waals surface area (Å²) in [6.07, 6.45) is 0. The van der Waals surface area contributed by atoms with E-state index >= 15 is 0 Å². The van der Waals surface area contributed by atoms with Crippen molar-refractivity contribution in [1.82, 2.24) is 0 Å². The van der Waals surface area contributed by atoms with E-state index in [4.69, 9.17) is 4.74 Å². The van der Waals surface area contributed by atoms with Crippen LogP contribution in [-0.2, 0) is 6.61 Å². The summed E-state index contributed by atoms with van der Waals surface area (Å²) in [6.45, 7) is 2.33. The molecule has 128 valence electrons. The fourth-order valence-electron chi connectivity index (χ4n) is 2.21. The molecule has 1 heterocycles. The Kier molecular flexibility index (Phi) is 5.09. The van der Waals surface area contributed by atoms with E-state index in [1.807, 2.05) is 36.6 Å². The lowest BCUT2D eigenvalue weighted by atomic mass is 10.2. The van der Waals surface area contributed by atoms with Crippen molar-refractivity contribution in [2.75, 3.05) is 5.32 Å². The van der Waals surface area contributed by atoms with Crippen molar-refractivity contribution < 1.29 is 18.3 Å². The zero-order valence-corrected chi connectivity index (χ0v) is 14.2. The summed E-state index contributed by atoms with van der Waals surface area (Å²) in [7, 11) is 0. The zero-order chi connectivity index (χ0) is 17.8. The highest BCUT2D eigenvalue weighted by molar-refractivity contribution is 7.12. The predicted molar refractivity (Wildman–Crippen MR) is 94.1 cm³/mol. The number of ether oxygens (including phenoxy) is 1. The fraction of sp³-hybridized carbons (Fsp3) is 0.105. The molecule has 1 aromatic heterocycles. The number of amides is 1. The molecule has 6 heteroatoms. The topological polar surface area (TPSA) is 38.3 Å². The first-order chi connectivity index (χ1) is 12.0. The van der Waals surface area contributed by atoms with Crippen molar-refractivity contribution in [2.24, 2.45) is 0 Å². The first-order valence-electron chi connectivity index (χ1n) is 7.54. The van der Waals surface area contributed by atoms with Gasteiger partial charge in [0.05, 0.1) is 4.88 Å². The van der Waals surface area contributed by atoms with Gasteiger partial charge in [0.25, 0.3) is 5.91 Å². The number of nitrogens with one attached hydrogen (secondary N) is 1. The average Bonchev–Trinajstić information content (AvgIpc) is 3.06. The maximum absolute atomic E-state index is 13.2. The van der Waals surface area contributed by atoms with Crippen LogP contribution in [0, 0.1) is 18.6 Å². The molecule has 0 bridgehead atoms. The van der Waals surface area contributed by atoms with E-state index in [0.717, 1.165) is 29.0 Å². The van der Waals surface area contributed by atoms with E-state index in [2.05, 4.69) is 5.32 Å². The Bertz CT molecular complexity index is 908. The molecule has 0 atom stereocenters. The Morgan fingerprint density at radius 3 is 2.72 bits per heavy atom. The van der Waals surface area contributed by atoms with Gasteiger partial charge >= 0.3 is 0 Å². The highest BCUT2D eigenvalue weighted by Crippen LogP contribution is 2.20. The molecule has 0 unspecified atom stereocenters. The quantitative estimate of drug-likeness (QED) is 0.683. The van der Waals surface area contributed by atoms with E-state index in [1.54, 1.807) is 6.07 Å². The van der Waals surface area contributed by atoms with Crippen molar-refractivity contribution in [1.29, 1.82) is 0 Å². The molecule has 0 saturated heterocycles. The number of anilines is 1. The van der Waals surface area contributed by atoms with Gasteiger partial charge in [-0.3, -0.25) is 4.79 Å². The van der Waals surface area contributed by atoms with E-state index in [-0.39, 0.29) is 11.6 Å². The average molecular weight is 359 g/mol. The number of benzene rings is 2. The molecular formula is C19H15F2NO2S.